The molecular formula is C46H82N6O16S. The minimum absolute atomic E-state index is 0.184. The molecule has 1 unspecified atom stereocenters. The average molecular weight is 1010 g/mol. The molecule has 22 nitrogen and oxygen atoms in total. The molecule has 2 aliphatic heterocycles. The SMILES string of the molecule is C=NCCCNCC1=CC[C@@H](CC(=O)OC(C)(C)C)C([C@H]2[C@H](O)[C@@H](O[C@H]3OC[C@](C)(O)[C@H](N(C)C(=O)OC(C)(C)C)[C@H]3O)[C@H](NS(=O)(=O)CCNC(=O)OC(C)(C)C)C[C@@H]2NC(=O)OC(C)(C)C)O1. The van der Waals surface area contributed by atoms with E-state index < -0.39 is 135 Å². The highest BCUT2D eigenvalue weighted by Gasteiger charge is 2.56. The van der Waals surface area contributed by atoms with Crippen molar-refractivity contribution in [3.63, 3.8) is 0 Å². The van der Waals surface area contributed by atoms with E-state index in [9.17, 15) is 42.9 Å². The number of esters is 1. The fourth-order valence-electron chi connectivity index (χ4n) is 8.37. The van der Waals surface area contributed by atoms with E-state index in [1.54, 1.807) is 83.1 Å². The van der Waals surface area contributed by atoms with Crippen LogP contribution in [0.2, 0.25) is 0 Å². The fraction of sp³-hybridized carbons (Fsp3) is 0.848. The Bertz CT molecular complexity index is 1890. The van der Waals surface area contributed by atoms with Crippen LogP contribution in [-0.2, 0) is 48.0 Å². The smallest absolute Gasteiger partial charge is 0.410 e. The number of amides is 3. The van der Waals surface area contributed by atoms with Crippen LogP contribution in [0.4, 0.5) is 14.4 Å². The van der Waals surface area contributed by atoms with Crippen molar-refractivity contribution < 1.29 is 76.1 Å². The van der Waals surface area contributed by atoms with Gasteiger partial charge in [0.1, 0.15) is 52.1 Å². The van der Waals surface area contributed by atoms with E-state index in [0.717, 1.165) is 4.90 Å². The lowest BCUT2D eigenvalue weighted by molar-refractivity contribution is -0.305. The first-order valence-corrected chi connectivity index (χ1v) is 25.1. The van der Waals surface area contributed by atoms with E-state index in [-0.39, 0.29) is 32.4 Å². The highest BCUT2D eigenvalue weighted by molar-refractivity contribution is 7.89. The first kappa shape index (κ1) is 59.5. The normalized spacial score (nSPS) is 29.1. The molecule has 2 fully saturated rings. The van der Waals surface area contributed by atoms with E-state index >= 15 is 0 Å². The van der Waals surface area contributed by atoms with Crippen molar-refractivity contribution in [3.8, 4) is 0 Å². The molecule has 0 bridgehead atoms. The van der Waals surface area contributed by atoms with Crippen LogP contribution in [0.3, 0.4) is 0 Å². The van der Waals surface area contributed by atoms with Crippen molar-refractivity contribution in [2.75, 3.05) is 45.6 Å². The van der Waals surface area contributed by atoms with Crippen LogP contribution in [0.5, 0.6) is 0 Å². The maximum Gasteiger partial charge on any atom is 0.410 e. The van der Waals surface area contributed by atoms with E-state index in [2.05, 4.69) is 32.4 Å². The topological polar surface area (TPSA) is 291 Å². The summed E-state index contributed by atoms with van der Waals surface area (Å²) in [6.07, 6.45) is -8.36. The maximum atomic E-state index is 14.0. The lowest BCUT2D eigenvalue weighted by Crippen LogP contribution is -2.70. The molecule has 3 rings (SSSR count). The summed E-state index contributed by atoms with van der Waals surface area (Å²) in [4.78, 5) is 57.9. The van der Waals surface area contributed by atoms with Crippen LogP contribution in [0.15, 0.2) is 16.8 Å². The third-order valence-electron chi connectivity index (χ3n) is 10.9. The number of carbonyl (C=O) groups excluding carboxylic acids is 4. The van der Waals surface area contributed by atoms with Gasteiger partial charge < -0.3 is 74.3 Å². The molecule has 0 aromatic carbocycles. The number of likely N-dealkylation sites (N-methyl/N-ethyl adjacent to an activating group) is 1. The number of alkyl carbamates (subject to hydrolysis) is 2. The van der Waals surface area contributed by atoms with Gasteiger partial charge >= 0.3 is 24.2 Å². The van der Waals surface area contributed by atoms with Crippen molar-refractivity contribution in [2.24, 2.45) is 16.8 Å². The number of allylic oxidation sites excluding steroid dienone is 1. The quantitative estimate of drug-likeness (QED) is 0.0450. The highest BCUT2D eigenvalue weighted by atomic mass is 32.2. The molecule has 398 valence electrons. The molecule has 0 spiro atoms. The van der Waals surface area contributed by atoms with Crippen LogP contribution in [0, 0.1) is 11.8 Å². The number of aliphatic hydroxyl groups excluding tert-OH is 2. The van der Waals surface area contributed by atoms with Gasteiger partial charge in [-0.05, 0) is 129 Å². The first-order valence-electron chi connectivity index (χ1n) is 23.5. The average Bonchev–Trinajstić information content (AvgIpc) is 3.14. The molecule has 0 aromatic rings. The van der Waals surface area contributed by atoms with Crippen LogP contribution >= 0.6 is 0 Å². The number of aliphatic hydroxyl groups is 3. The Labute approximate surface area is 408 Å². The Hall–Kier alpha value is -3.84. The maximum absolute atomic E-state index is 14.0. The molecule has 2 heterocycles. The van der Waals surface area contributed by atoms with Crippen molar-refractivity contribution in [1.82, 2.24) is 25.6 Å². The van der Waals surface area contributed by atoms with Crippen molar-refractivity contribution in [1.29, 1.82) is 0 Å². The van der Waals surface area contributed by atoms with Gasteiger partial charge in [-0.3, -0.25) is 4.79 Å². The fourth-order valence-corrected chi connectivity index (χ4v) is 9.55. The summed E-state index contributed by atoms with van der Waals surface area (Å²) in [6.45, 7) is 25.4. The van der Waals surface area contributed by atoms with E-state index in [4.69, 9.17) is 33.2 Å². The number of hydrogen-bond acceptors (Lipinski definition) is 18. The highest BCUT2D eigenvalue weighted by Crippen LogP contribution is 2.41. The number of ether oxygens (including phenoxy) is 7. The van der Waals surface area contributed by atoms with Crippen molar-refractivity contribution >= 4 is 41.0 Å². The lowest BCUT2D eigenvalue weighted by atomic mass is 9.70. The number of nitrogens with zero attached hydrogens (tertiary/aromatic N) is 2. The van der Waals surface area contributed by atoms with Gasteiger partial charge in [0.25, 0.3) is 0 Å². The summed E-state index contributed by atoms with van der Waals surface area (Å²) in [5.41, 5.74) is -5.50. The van der Waals surface area contributed by atoms with Gasteiger partial charge in [0.15, 0.2) is 6.29 Å². The minimum atomic E-state index is -4.38. The lowest BCUT2D eigenvalue weighted by Gasteiger charge is -2.52. The van der Waals surface area contributed by atoms with Gasteiger partial charge in [-0.25, -0.2) is 27.5 Å². The van der Waals surface area contributed by atoms with E-state index in [1.165, 1.54) is 14.0 Å². The summed E-state index contributed by atoms with van der Waals surface area (Å²) >= 11 is 0. The molecule has 3 aliphatic rings. The zero-order chi connectivity index (χ0) is 52.5. The zero-order valence-electron chi connectivity index (χ0n) is 43.1. The summed E-state index contributed by atoms with van der Waals surface area (Å²) < 4.78 is 71.7. The molecule has 1 aliphatic carbocycles. The van der Waals surface area contributed by atoms with Gasteiger partial charge in [-0.1, -0.05) is 0 Å². The third kappa shape index (κ3) is 19.7. The Morgan fingerprint density at radius 1 is 0.884 bits per heavy atom. The van der Waals surface area contributed by atoms with Crippen molar-refractivity contribution in [3.05, 3.63) is 11.8 Å². The monoisotopic (exact) mass is 1010 g/mol. The van der Waals surface area contributed by atoms with Crippen LogP contribution in [0.25, 0.3) is 0 Å². The third-order valence-corrected chi connectivity index (χ3v) is 12.3. The molecule has 3 amide bonds. The molecule has 11 atom stereocenters. The van der Waals surface area contributed by atoms with Crippen LogP contribution in [-0.4, -0.2) is 182 Å². The Balaban J connectivity index is 2.18. The number of aliphatic imine (C=N–C) groups is 1. The second kappa shape index (κ2) is 24.1. The van der Waals surface area contributed by atoms with E-state index in [1.807, 2.05) is 6.08 Å². The summed E-state index contributed by atoms with van der Waals surface area (Å²) in [5, 5.41) is 44.9. The molecule has 0 aromatic heterocycles. The molecule has 1 saturated carbocycles. The Morgan fingerprint density at radius 2 is 1.48 bits per heavy atom. The molecule has 69 heavy (non-hydrogen) atoms. The molecule has 0 radical (unpaired) electrons. The summed E-state index contributed by atoms with van der Waals surface area (Å²) in [7, 11) is -3.06. The first-order chi connectivity index (χ1) is 31.5. The second-order valence-corrected chi connectivity index (χ2v) is 24.1. The van der Waals surface area contributed by atoms with Crippen LogP contribution in [0.1, 0.15) is 116 Å². The number of nitrogens with one attached hydrogen (secondary N) is 4. The summed E-state index contributed by atoms with van der Waals surface area (Å²) in [5.74, 6) is -2.63. The van der Waals surface area contributed by atoms with Gasteiger partial charge in [0.05, 0.1) is 43.5 Å². The number of hydrogen-bond donors (Lipinski definition) is 7. The molecular weight excluding hydrogens is 925 g/mol. The predicted octanol–water partition coefficient (Wildman–Crippen LogP) is 2.86. The van der Waals surface area contributed by atoms with Crippen LogP contribution < -0.4 is 20.7 Å². The standard InChI is InChI=1S/C46H82N6O16S/c1-42(2,3)65-31(53)23-27-17-18-28(25-48-20-16-19-47-14)63-35(27)32-29(50-40(57)67-44(7,8)9)24-30(51-69(60,61)22-21-49-39(56)66-43(4,5)6)36(33(32)54)64-38-34(55)37(46(13,59)26-62-38)52(15)41(58)68-45(10,11)12/h18,27,29-30,32-38,48,51,54-55,59H,14,16-17,19-26H2,1-13,15H3,(H,49,56)(H,50,57)/t27-,29-,30+,32+,33-,34+,35?,36-,37+,38+,46-/m0/s1. The van der Waals surface area contributed by atoms with Crippen molar-refractivity contribution in [2.45, 2.75) is 193 Å². The Kier molecular flexibility index (Phi) is 20.7. The number of rotatable bonds is 18. The second-order valence-electron chi connectivity index (χ2n) is 22.2. The minimum Gasteiger partial charge on any atom is -0.493 e. The van der Waals surface area contributed by atoms with Gasteiger partial charge in [-0.2, -0.15) is 0 Å². The summed E-state index contributed by atoms with van der Waals surface area (Å²) in [6, 6.07) is -3.98. The van der Waals surface area contributed by atoms with E-state index in [0.29, 0.717) is 25.3 Å². The van der Waals surface area contributed by atoms with Gasteiger partial charge in [-0.15, -0.1) is 0 Å². The molecule has 7 N–H and O–H groups in total. The molecule has 1 saturated heterocycles. The number of sulfonamides is 1. The zero-order valence-corrected chi connectivity index (χ0v) is 43.9. The van der Waals surface area contributed by atoms with Gasteiger partial charge in [0, 0.05) is 38.0 Å². The molecule has 23 heteroatoms. The number of carbonyl (C=O) groups is 4. The van der Waals surface area contributed by atoms with Gasteiger partial charge in [0.2, 0.25) is 10.0 Å². The predicted molar refractivity (Wildman–Crippen MR) is 255 cm³/mol. The Morgan fingerprint density at radius 3 is 2.06 bits per heavy atom. The largest absolute Gasteiger partial charge is 0.493 e.